The maximum absolute atomic E-state index is 11.7. The minimum Gasteiger partial charge on any atom is -0.489 e. The summed E-state index contributed by atoms with van der Waals surface area (Å²) in [5, 5.41) is 6.20. The number of nitrogens with one attached hydrogen (secondary N) is 3. The fourth-order valence-corrected chi connectivity index (χ4v) is 3.57. The molecule has 0 radical (unpaired) electrons. The van der Waals surface area contributed by atoms with Crippen molar-refractivity contribution in [3.63, 3.8) is 0 Å². The number of H-pyrrole nitrogens is 1. The minimum atomic E-state index is -0.511. The third kappa shape index (κ3) is 4.68. The van der Waals surface area contributed by atoms with Gasteiger partial charge in [-0.1, -0.05) is 0 Å². The highest BCUT2D eigenvalue weighted by atomic mass is 16.5. The van der Waals surface area contributed by atoms with E-state index in [1.54, 1.807) is 12.1 Å². The molecule has 29 heavy (non-hydrogen) atoms. The number of benzene rings is 1. The van der Waals surface area contributed by atoms with E-state index in [4.69, 9.17) is 9.15 Å². The molecule has 0 aliphatic carbocycles. The summed E-state index contributed by atoms with van der Waals surface area (Å²) in [6.45, 7) is 5.80. The summed E-state index contributed by atoms with van der Waals surface area (Å²) in [6.07, 6.45) is 3.47. The number of fused-ring (bicyclic) bond motifs is 1. The molecule has 4 rings (SSSR count). The van der Waals surface area contributed by atoms with Gasteiger partial charge in [-0.2, -0.15) is 4.98 Å². The van der Waals surface area contributed by atoms with Crippen LogP contribution >= 0.6 is 0 Å². The molecule has 0 saturated carbocycles. The van der Waals surface area contributed by atoms with Gasteiger partial charge in [0, 0.05) is 37.1 Å². The zero-order valence-electron chi connectivity index (χ0n) is 16.7. The van der Waals surface area contributed by atoms with E-state index in [0.29, 0.717) is 35.1 Å². The number of aryl methyl sites for hydroxylation is 1. The highest BCUT2D eigenvalue weighted by Crippen LogP contribution is 2.30. The number of ether oxygens (including phenoxy) is 1. The molecule has 1 fully saturated rings. The fourth-order valence-electron chi connectivity index (χ4n) is 3.57. The van der Waals surface area contributed by atoms with E-state index >= 15 is 0 Å². The van der Waals surface area contributed by atoms with Gasteiger partial charge < -0.3 is 24.7 Å². The summed E-state index contributed by atoms with van der Waals surface area (Å²) < 4.78 is 11.2. The summed E-state index contributed by atoms with van der Waals surface area (Å²) in [7, 11) is 1.81. The number of nitrogens with zero attached hydrogens (tertiary/aromatic N) is 3. The third-order valence-electron chi connectivity index (χ3n) is 4.93. The quantitative estimate of drug-likeness (QED) is 0.497. The van der Waals surface area contributed by atoms with E-state index in [0.717, 1.165) is 24.5 Å². The Hall–Kier alpha value is -3.07. The molecule has 1 aromatic carbocycles. The van der Waals surface area contributed by atoms with Gasteiger partial charge in [0.05, 0.1) is 12.1 Å². The first-order chi connectivity index (χ1) is 14.1. The largest absolute Gasteiger partial charge is 0.489 e. The first kappa shape index (κ1) is 19.3. The molecule has 2 aromatic heterocycles. The second kappa shape index (κ2) is 8.52. The smallest absolute Gasteiger partial charge is 0.417 e. The topological polar surface area (TPSA) is 108 Å². The molecule has 0 amide bonds. The van der Waals surface area contributed by atoms with Gasteiger partial charge in [0.2, 0.25) is 5.95 Å². The molecule has 0 unspecified atom stereocenters. The predicted molar refractivity (Wildman–Crippen MR) is 112 cm³/mol. The Labute approximate surface area is 168 Å². The Kier molecular flexibility index (Phi) is 5.66. The number of oxazole rings is 1. The average molecular weight is 398 g/mol. The van der Waals surface area contributed by atoms with Crippen molar-refractivity contribution in [3.05, 3.63) is 34.4 Å². The van der Waals surface area contributed by atoms with E-state index in [2.05, 4.69) is 30.5 Å². The van der Waals surface area contributed by atoms with Gasteiger partial charge in [-0.05, 0) is 45.3 Å². The van der Waals surface area contributed by atoms with Crippen LogP contribution in [0.25, 0.3) is 11.1 Å². The molecule has 0 atom stereocenters. The van der Waals surface area contributed by atoms with Crippen molar-refractivity contribution in [2.24, 2.45) is 0 Å². The maximum atomic E-state index is 11.7. The Morgan fingerprint density at radius 2 is 2.07 bits per heavy atom. The number of likely N-dealkylation sites (tertiary alicyclic amines) is 1. The van der Waals surface area contributed by atoms with Crippen LogP contribution in [0, 0.1) is 6.92 Å². The normalized spacial score (nSPS) is 14.4. The molecule has 1 saturated heterocycles. The van der Waals surface area contributed by atoms with Crippen LogP contribution in [0.5, 0.6) is 5.75 Å². The monoisotopic (exact) mass is 398 g/mol. The van der Waals surface area contributed by atoms with E-state index in [-0.39, 0.29) is 0 Å². The highest BCUT2D eigenvalue weighted by molar-refractivity contribution is 5.84. The number of hydrogen-bond acceptors (Lipinski definition) is 8. The minimum absolute atomic E-state index is 0.419. The molecule has 0 bridgehead atoms. The molecule has 9 nitrogen and oxygen atoms in total. The van der Waals surface area contributed by atoms with Crippen LogP contribution < -0.4 is 21.1 Å². The first-order valence-electron chi connectivity index (χ1n) is 9.93. The lowest BCUT2D eigenvalue weighted by atomic mass is 10.2. The lowest BCUT2D eigenvalue weighted by Gasteiger charge is -2.15. The van der Waals surface area contributed by atoms with Crippen molar-refractivity contribution in [3.8, 4) is 5.75 Å². The van der Waals surface area contributed by atoms with Crippen molar-refractivity contribution in [2.45, 2.75) is 26.2 Å². The van der Waals surface area contributed by atoms with Gasteiger partial charge in [-0.3, -0.25) is 4.98 Å². The number of aromatic nitrogens is 3. The van der Waals surface area contributed by atoms with Crippen molar-refractivity contribution >= 4 is 28.6 Å². The summed E-state index contributed by atoms with van der Waals surface area (Å²) in [6, 6.07) is 5.44. The van der Waals surface area contributed by atoms with Gasteiger partial charge in [-0.15, -0.1) is 0 Å². The molecule has 1 aliphatic rings. The van der Waals surface area contributed by atoms with E-state index < -0.39 is 5.76 Å². The zero-order valence-corrected chi connectivity index (χ0v) is 16.7. The van der Waals surface area contributed by atoms with Crippen LogP contribution in [-0.2, 0) is 0 Å². The molecule has 0 spiro atoms. The molecular formula is C20H26N6O3. The molecule has 3 heterocycles. The molecule has 1 aliphatic heterocycles. The van der Waals surface area contributed by atoms with Crippen molar-refractivity contribution < 1.29 is 9.15 Å². The van der Waals surface area contributed by atoms with E-state index in [1.165, 1.54) is 25.9 Å². The van der Waals surface area contributed by atoms with Crippen LogP contribution in [0.1, 0.15) is 25.0 Å². The van der Waals surface area contributed by atoms with Crippen LogP contribution in [0.2, 0.25) is 0 Å². The Morgan fingerprint density at radius 3 is 2.86 bits per heavy atom. The second-order valence-corrected chi connectivity index (χ2v) is 7.21. The van der Waals surface area contributed by atoms with Crippen molar-refractivity contribution in [2.75, 3.05) is 43.9 Å². The Morgan fingerprint density at radius 1 is 1.24 bits per heavy atom. The zero-order chi connectivity index (χ0) is 20.2. The Bertz CT molecular complexity index is 1040. The summed E-state index contributed by atoms with van der Waals surface area (Å²) in [4.78, 5) is 25.7. The molecule has 3 N–H and O–H groups in total. The summed E-state index contributed by atoms with van der Waals surface area (Å²) in [5.74, 6) is 1.19. The van der Waals surface area contributed by atoms with Crippen LogP contribution in [0.3, 0.4) is 0 Å². The Balaban J connectivity index is 1.52. The van der Waals surface area contributed by atoms with Crippen molar-refractivity contribution in [1.29, 1.82) is 0 Å². The fraction of sp³-hybridized carbons (Fsp3) is 0.450. The number of rotatable bonds is 8. The lowest BCUT2D eigenvalue weighted by molar-refractivity contribution is 0.263. The number of hydrogen-bond donors (Lipinski definition) is 3. The lowest BCUT2D eigenvalue weighted by Crippen LogP contribution is -2.21. The predicted octanol–water partition coefficient (Wildman–Crippen LogP) is 2.87. The van der Waals surface area contributed by atoms with Crippen molar-refractivity contribution in [1.82, 2.24) is 19.9 Å². The standard InChI is InChI=1S/C20H26N6O3/c1-13-10-17(21-2)25-19(22-13)23-14-11-15-18(29-20(27)24-15)16(12-14)28-9-5-8-26-6-3-4-7-26/h10-12H,3-9H2,1-2H3,(H,24,27)(H2,21,22,23,25). The third-order valence-corrected chi connectivity index (χ3v) is 4.93. The van der Waals surface area contributed by atoms with E-state index in [1.807, 2.05) is 20.0 Å². The highest BCUT2D eigenvalue weighted by Gasteiger charge is 2.14. The van der Waals surface area contributed by atoms with Gasteiger partial charge in [0.25, 0.3) is 0 Å². The molecule has 9 heteroatoms. The van der Waals surface area contributed by atoms with Crippen LogP contribution in [0.15, 0.2) is 27.4 Å². The molecular weight excluding hydrogens is 372 g/mol. The number of anilines is 3. The first-order valence-corrected chi connectivity index (χ1v) is 9.93. The maximum Gasteiger partial charge on any atom is 0.417 e. The van der Waals surface area contributed by atoms with Gasteiger partial charge in [-0.25, -0.2) is 9.78 Å². The summed E-state index contributed by atoms with van der Waals surface area (Å²) >= 11 is 0. The number of aromatic amines is 1. The molecule has 3 aromatic rings. The van der Waals surface area contributed by atoms with Crippen LogP contribution in [0.4, 0.5) is 17.5 Å². The van der Waals surface area contributed by atoms with Gasteiger partial charge in [0.15, 0.2) is 11.3 Å². The summed E-state index contributed by atoms with van der Waals surface area (Å²) in [5.41, 5.74) is 2.53. The van der Waals surface area contributed by atoms with Gasteiger partial charge in [0.1, 0.15) is 5.82 Å². The SMILES string of the molecule is CNc1cc(C)nc(Nc2cc(OCCCN3CCCC3)c3oc(=O)[nH]c3c2)n1. The van der Waals surface area contributed by atoms with Gasteiger partial charge >= 0.3 is 5.76 Å². The van der Waals surface area contributed by atoms with E-state index in [9.17, 15) is 4.79 Å². The van der Waals surface area contributed by atoms with Crippen LogP contribution in [-0.4, -0.2) is 53.1 Å². The average Bonchev–Trinajstić information content (AvgIpc) is 3.33. The molecule has 154 valence electrons. The second-order valence-electron chi connectivity index (χ2n) is 7.21.